The summed E-state index contributed by atoms with van der Waals surface area (Å²) in [5, 5.41) is 19.8. The van der Waals surface area contributed by atoms with Gasteiger partial charge in [-0.1, -0.05) is 42.5 Å². The topological polar surface area (TPSA) is 132 Å². The van der Waals surface area contributed by atoms with Gasteiger partial charge in [-0.15, -0.1) is 0 Å². The van der Waals surface area contributed by atoms with E-state index in [2.05, 4.69) is 9.71 Å². The fraction of sp³-hybridized carbons (Fsp3) is 0.222. The van der Waals surface area contributed by atoms with Crippen LogP contribution in [0.5, 0.6) is 5.75 Å². The molecule has 0 spiro atoms. The molecule has 0 fully saturated rings. The van der Waals surface area contributed by atoms with Crippen LogP contribution in [0.1, 0.15) is 5.56 Å². The first-order chi connectivity index (χ1) is 17.7. The summed E-state index contributed by atoms with van der Waals surface area (Å²) in [6, 6.07) is 22.0. The molecule has 1 heterocycles. The van der Waals surface area contributed by atoms with E-state index in [9.17, 15) is 23.4 Å². The number of aromatic amines is 1. The van der Waals surface area contributed by atoms with E-state index in [1.54, 1.807) is 30.3 Å². The highest BCUT2D eigenvalue weighted by molar-refractivity contribution is 7.92. The van der Waals surface area contributed by atoms with Crippen LogP contribution in [0, 0.1) is 0 Å². The molecule has 0 saturated carbocycles. The maximum absolute atomic E-state index is 11.8. The smallest absolute Gasteiger partial charge is 0.307 e. The zero-order chi connectivity index (χ0) is 26.4. The minimum atomic E-state index is -3.47. The Labute approximate surface area is 215 Å². The first-order valence-electron chi connectivity index (χ1n) is 11.7. The third-order valence-corrected chi connectivity index (χ3v) is 6.40. The summed E-state index contributed by atoms with van der Waals surface area (Å²) in [5.41, 5.74) is 4.20. The Balaban J connectivity index is 1.54. The molecule has 0 radical (unpaired) electrons. The second kappa shape index (κ2) is 11.4. The minimum absolute atomic E-state index is 0.110. The van der Waals surface area contributed by atoms with Crippen LogP contribution in [0.2, 0.25) is 0 Å². The Morgan fingerprint density at radius 3 is 2.46 bits per heavy atom. The molecule has 4 aromatic rings. The third-order valence-electron chi connectivity index (χ3n) is 5.81. The maximum Gasteiger partial charge on any atom is 0.307 e. The number of aliphatic hydroxyl groups is 1. The van der Waals surface area contributed by atoms with Crippen LogP contribution in [0.25, 0.3) is 22.2 Å². The highest BCUT2D eigenvalue weighted by Crippen LogP contribution is 2.33. The Kier molecular flexibility index (Phi) is 8.00. The second-order valence-electron chi connectivity index (χ2n) is 8.57. The van der Waals surface area contributed by atoms with Gasteiger partial charge < -0.3 is 24.8 Å². The number of para-hydroxylation sites is 2. The van der Waals surface area contributed by atoms with Crippen LogP contribution in [-0.2, 0) is 21.2 Å². The van der Waals surface area contributed by atoms with Crippen molar-refractivity contribution in [3.05, 3.63) is 78.4 Å². The average Bonchev–Trinajstić information content (AvgIpc) is 3.20. The molecule has 9 nitrogen and oxygen atoms in total. The predicted molar refractivity (Wildman–Crippen MR) is 145 cm³/mol. The van der Waals surface area contributed by atoms with E-state index in [0.29, 0.717) is 35.8 Å². The largest absolute Gasteiger partial charge is 0.492 e. The number of aliphatic carboxylic acids is 1. The quantitative estimate of drug-likeness (QED) is 0.223. The summed E-state index contributed by atoms with van der Waals surface area (Å²) in [4.78, 5) is 16.7. The molecule has 37 heavy (non-hydrogen) atoms. The number of H-pyrrole nitrogens is 1. The summed E-state index contributed by atoms with van der Waals surface area (Å²) in [7, 11) is -3.47. The van der Waals surface area contributed by atoms with Gasteiger partial charge in [0.2, 0.25) is 10.0 Å². The molecule has 0 atom stereocenters. The van der Waals surface area contributed by atoms with Crippen molar-refractivity contribution in [1.29, 1.82) is 0 Å². The molecule has 0 unspecified atom stereocenters. The number of hydrogen-bond donors (Lipinski definition) is 4. The number of carboxylic acids is 1. The SMILES string of the molecule is CS(=O)(=O)Nc1ccccc1N(CCO)CCOc1ccc2c(CC(=O)O)c(-c3ccccc3)[nH]c2c1. The number of nitrogens with zero attached hydrogens (tertiary/aromatic N) is 1. The number of sulfonamides is 1. The molecule has 0 aliphatic heterocycles. The number of carbonyl (C=O) groups is 1. The molecule has 4 N–H and O–H groups in total. The molecule has 0 aliphatic rings. The van der Waals surface area contributed by atoms with Gasteiger partial charge in [0.05, 0.1) is 42.9 Å². The number of anilines is 2. The number of ether oxygens (including phenoxy) is 1. The Morgan fingerprint density at radius 1 is 1.03 bits per heavy atom. The van der Waals surface area contributed by atoms with Crippen molar-refractivity contribution in [1.82, 2.24) is 4.98 Å². The third kappa shape index (κ3) is 6.60. The van der Waals surface area contributed by atoms with Crippen molar-refractivity contribution in [3.8, 4) is 17.0 Å². The van der Waals surface area contributed by atoms with E-state index >= 15 is 0 Å². The number of hydrogen-bond acceptors (Lipinski definition) is 6. The van der Waals surface area contributed by atoms with Crippen LogP contribution in [-0.4, -0.2) is 62.1 Å². The minimum Gasteiger partial charge on any atom is -0.492 e. The van der Waals surface area contributed by atoms with E-state index < -0.39 is 16.0 Å². The molecule has 3 aromatic carbocycles. The molecule has 0 bridgehead atoms. The van der Waals surface area contributed by atoms with Gasteiger partial charge in [0.25, 0.3) is 0 Å². The maximum atomic E-state index is 11.8. The van der Waals surface area contributed by atoms with E-state index in [0.717, 1.165) is 28.4 Å². The number of rotatable bonds is 12. The Hall–Kier alpha value is -4.02. The average molecular weight is 524 g/mol. The molecule has 0 saturated heterocycles. The van der Waals surface area contributed by atoms with Gasteiger partial charge >= 0.3 is 5.97 Å². The van der Waals surface area contributed by atoms with Gasteiger partial charge in [-0.3, -0.25) is 9.52 Å². The highest BCUT2D eigenvalue weighted by Gasteiger charge is 2.17. The lowest BCUT2D eigenvalue weighted by Gasteiger charge is -2.26. The summed E-state index contributed by atoms with van der Waals surface area (Å²) < 4.78 is 32.1. The van der Waals surface area contributed by atoms with Gasteiger partial charge in [0.1, 0.15) is 12.4 Å². The summed E-state index contributed by atoms with van der Waals surface area (Å²) in [5.74, 6) is -0.310. The van der Waals surface area contributed by atoms with Crippen molar-refractivity contribution < 1.29 is 28.2 Å². The number of carboxylic acid groups (broad SMARTS) is 1. The zero-order valence-electron chi connectivity index (χ0n) is 20.3. The van der Waals surface area contributed by atoms with Gasteiger partial charge in [0, 0.05) is 23.5 Å². The van der Waals surface area contributed by atoms with Gasteiger partial charge in [-0.2, -0.15) is 0 Å². The van der Waals surface area contributed by atoms with Crippen LogP contribution in [0.15, 0.2) is 72.8 Å². The summed E-state index contributed by atoms with van der Waals surface area (Å²) in [6.45, 7) is 0.842. The number of aliphatic hydroxyl groups excluding tert-OH is 1. The number of fused-ring (bicyclic) bond motifs is 1. The molecular formula is C27H29N3O6S. The Bertz CT molecular complexity index is 1480. The van der Waals surface area contributed by atoms with Crippen molar-refractivity contribution in [3.63, 3.8) is 0 Å². The second-order valence-corrected chi connectivity index (χ2v) is 10.3. The van der Waals surface area contributed by atoms with Crippen LogP contribution in [0.4, 0.5) is 11.4 Å². The highest BCUT2D eigenvalue weighted by atomic mass is 32.2. The molecule has 10 heteroatoms. The lowest BCUT2D eigenvalue weighted by Crippen LogP contribution is -2.32. The number of benzene rings is 3. The van der Waals surface area contributed by atoms with Crippen LogP contribution < -0.4 is 14.4 Å². The standard InChI is InChI=1S/C27H29N3O6S/c1-37(34,35)29-23-9-5-6-10-25(23)30(13-15-31)14-16-36-20-11-12-21-22(18-26(32)33)27(28-24(21)17-20)19-7-3-2-4-8-19/h2-12,17,28-29,31H,13-16,18H2,1H3,(H,32,33). The van der Waals surface area contributed by atoms with Gasteiger partial charge in [-0.25, -0.2) is 8.42 Å². The van der Waals surface area contributed by atoms with E-state index in [-0.39, 0.29) is 19.6 Å². The first-order valence-corrected chi connectivity index (χ1v) is 13.6. The molecule has 4 rings (SSSR count). The summed E-state index contributed by atoms with van der Waals surface area (Å²) >= 11 is 0. The number of nitrogens with one attached hydrogen (secondary N) is 2. The van der Waals surface area contributed by atoms with Crippen molar-refractivity contribution in [2.24, 2.45) is 0 Å². The zero-order valence-corrected chi connectivity index (χ0v) is 21.2. The van der Waals surface area contributed by atoms with Crippen LogP contribution >= 0.6 is 0 Å². The van der Waals surface area contributed by atoms with Crippen LogP contribution in [0.3, 0.4) is 0 Å². The monoisotopic (exact) mass is 523 g/mol. The number of aromatic nitrogens is 1. The van der Waals surface area contributed by atoms with E-state index in [1.165, 1.54) is 0 Å². The lowest BCUT2D eigenvalue weighted by molar-refractivity contribution is -0.136. The van der Waals surface area contributed by atoms with E-state index in [4.69, 9.17) is 4.74 Å². The predicted octanol–water partition coefficient (Wildman–Crippen LogP) is 3.71. The van der Waals surface area contributed by atoms with Crippen molar-refractivity contribution in [2.75, 3.05) is 42.2 Å². The van der Waals surface area contributed by atoms with Crippen molar-refractivity contribution in [2.45, 2.75) is 6.42 Å². The molecule has 194 valence electrons. The molecule has 0 amide bonds. The lowest BCUT2D eigenvalue weighted by atomic mass is 10.0. The summed E-state index contributed by atoms with van der Waals surface area (Å²) in [6.07, 6.45) is 0.979. The van der Waals surface area contributed by atoms with Gasteiger partial charge in [0.15, 0.2) is 0 Å². The molecule has 1 aromatic heterocycles. The fourth-order valence-corrected chi connectivity index (χ4v) is 4.87. The fourth-order valence-electron chi connectivity index (χ4n) is 4.29. The first kappa shape index (κ1) is 26.1. The Morgan fingerprint density at radius 2 is 1.76 bits per heavy atom. The molecule has 0 aliphatic carbocycles. The van der Waals surface area contributed by atoms with E-state index in [1.807, 2.05) is 47.4 Å². The van der Waals surface area contributed by atoms with Crippen molar-refractivity contribution >= 4 is 38.3 Å². The molecular weight excluding hydrogens is 494 g/mol. The van der Waals surface area contributed by atoms with Gasteiger partial charge in [-0.05, 0) is 35.4 Å². The normalized spacial score (nSPS) is 11.4.